The highest BCUT2D eigenvalue weighted by Crippen LogP contribution is 2.02. The Bertz CT molecular complexity index is 418. The average Bonchev–Trinajstić information content (AvgIpc) is 2.41. The van der Waals surface area contributed by atoms with E-state index in [1.165, 1.54) is 0 Å². The van der Waals surface area contributed by atoms with Crippen LogP contribution in [-0.2, 0) is 4.79 Å². The lowest BCUT2D eigenvalue weighted by Gasteiger charge is -2.07. The third-order valence-corrected chi connectivity index (χ3v) is 2.85. The molecule has 19 heavy (non-hydrogen) atoms. The summed E-state index contributed by atoms with van der Waals surface area (Å²) in [6.07, 6.45) is 1.10. The molecular formula is C14H19ClN2O2. The molecule has 1 aromatic carbocycles. The van der Waals surface area contributed by atoms with Gasteiger partial charge in [0.05, 0.1) is 0 Å². The molecule has 0 saturated heterocycles. The second kappa shape index (κ2) is 8.53. The van der Waals surface area contributed by atoms with Crippen molar-refractivity contribution in [3.8, 4) is 0 Å². The molecule has 5 heteroatoms. The Morgan fingerprint density at radius 3 is 2.37 bits per heavy atom. The summed E-state index contributed by atoms with van der Waals surface area (Å²) in [5.41, 5.74) is 1.74. The normalized spacial score (nSPS) is 10.0. The van der Waals surface area contributed by atoms with Crippen LogP contribution >= 0.6 is 11.6 Å². The molecule has 104 valence electrons. The van der Waals surface area contributed by atoms with E-state index in [-0.39, 0.29) is 11.8 Å². The Balaban J connectivity index is 2.20. The molecule has 1 rings (SSSR count). The summed E-state index contributed by atoms with van der Waals surface area (Å²) >= 11 is 5.49. The molecular weight excluding hydrogens is 264 g/mol. The lowest BCUT2D eigenvalue weighted by molar-refractivity contribution is -0.121. The summed E-state index contributed by atoms with van der Waals surface area (Å²) in [5.74, 6) is 0.317. The van der Waals surface area contributed by atoms with Gasteiger partial charge in [-0.25, -0.2) is 0 Å². The van der Waals surface area contributed by atoms with Gasteiger partial charge >= 0.3 is 0 Å². The molecule has 0 saturated carbocycles. The largest absolute Gasteiger partial charge is 0.354 e. The number of carbonyl (C=O) groups excluding carboxylic acids is 2. The number of halogens is 1. The molecule has 0 atom stereocenters. The number of carbonyl (C=O) groups is 2. The van der Waals surface area contributed by atoms with Gasteiger partial charge in [-0.2, -0.15) is 0 Å². The van der Waals surface area contributed by atoms with Crippen LogP contribution in [0.4, 0.5) is 0 Å². The molecule has 0 heterocycles. The predicted octanol–water partition coefficient (Wildman–Crippen LogP) is 1.86. The molecule has 0 spiro atoms. The maximum Gasteiger partial charge on any atom is 0.251 e. The van der Waals surface area contributed by atoms with Crippen molar-refractivity contribution in [3.05, 3.63) is 35.4 Å². The smallest absolute Gasteiger partial charge is 0.251 e. The molecule has 2 amide bonds. The van der Waals surface area contributed by atoms with Crippen LogP contribution in [0.2, 0.25) is 0 Å². The zero-order chi connectivity index (χ0) is 14.1. The number of alkyl halides is 1. The lowest BCUT2D eigenvalue weighted by Crippen LogP contribution is -2.34. The fourth-order valence-electron chi connectivity index (χ4n) is 1.50. The van der Waals surface area contributed by atoms with E-state index in [4.69, 9.17) is 11.6 Å². The van der Waals surface area contributed by atoms with Gasteiger partial charge in [0.2, 0.25) is 5.91 Å². The molecule has 0 fully saturated rings. The van der Waals surface area contributed by atoms with Crippen molar-refractivity contribution in [1.29, 1.82) is 0 Å². The fourth-order valence-corrected chi connectivity index (χ4v) is 1.63. The first kappa shape index (κ1) is 15.5. The van der Waals surface area contributed by atoms with Crippen LogP contribution in [0.3, 0.4) is 0 Å². The quantitative estimate of drug-likeness (QED) is 0.592. The minimum Gasteiger partial charge on any atom is -0.354 e. The number of benzene rings is 1. The minimum absolute atomic E-state index is 0.0368. The number of hydrogen-bond acceptors (Lipinski definition) is 2. The van der Waals surface area contributed by atoms with E-state index in [0.717, 1.165) is 5.56 Å². The van der Waals surface area contributed by atoms with Gasteiger partial charge in [0, 0.05) is 31.0 Å². The molecule has 2 N–H and O–H groups in total. The maximum atomic E-state index is 11.7. The Hall–Kier alpha value is -1.55. The van der Waals surface area contributed by atoms with Crippen molar-refractivity contribution in [2.24, 2.45) is 0 Å². The second-order valence-electron chi connectivity index (χ2n) is 4.26. The van der Waals surface area contributed by atoms with Crippen molar-refractivity contribution in [2.75, 3.05) is 19.0 Å². The summed E-state index contributed by atoms with van der Waals surface area (Å²) in [5, 5.41) is 5.47. The Kier molecular flexibility index (Phi) is 6.97. The van der Waals surface area contributed by atoms with E-state index < -0.39 is 0 Å². The number of rotatable bonds is 7. The average molecular weight is 283 g/mol. The van der Waals surface area contributed by atoms with Gasteiger partial charge in [-0.3, -0.25) is 9.59 Å². The first-order chi connectivity index (χ1) is 9.13. The highest BCUT2D eigenvalue weighted by molar-refractivity contribution is 6.17. The number of hydrogen-bond donors (Lipinski definition) is 2. The van der Waals surface area contributed by atoms with Crippen LogP contribution in [0.5, 0.6) is 0 Å². The molecule has 1 aromatic rings. The SMILES string of the molecule is Cc1ccc(C(=O)NCCNC(=O)CCCCl)cc1. The van der Waals surface area contributed by atoms with Gasteiger partial charge in [0.15, 0.2) is 0 Å². The molecule has 4 nitrogen and oxygen atoms in total. The Morgan fingerprint density at radius 1 is 1.11 bits per heavy atom. The Labute approximate surface area is 118 Å². The van der Waals surface area contributed by atoms with Crippen molar-refractivity contribution in [1.82, 2.24) is 10.6 Å². The minimum atomic E-state index is -0.130. The standard InChI is InChI=1S/C14H19ClN2O2/c1-11-4-6-12(7-5-11)14(19)17-10-9-16-13(18)3-2-8-15/h4-7H,2-3,8-10H2,1H3,(H,16,18)(H,17,19). The van der Waals surface area contributed by atoms with Gasteiger partial charge in [-0.1, -0.05) is 17.7 Å². The van der Waals surface area contributed by atoms with E-state index in [1.54, 1.807) is 12.1 Å². The lowest BCUT2D eigenvalue weighted by atomic mass is 10.1. The zero-order valence-corrected chi connectivity index (χ0v) is 11.8. The number of amides is 2. The molecule has 0 bridgehead atoms. The summed E-state index contributed by atoms with van der Waals surface area (Å²) in [7, 11) is 0. The summed E-state index contributed by atoms with van der Waals surface area (Å²) in [4.78, 5) is 23.0. The van der Waals surface area contributed by atoms with Crippen LogP contribution in [-0.4, -0.2) is 30.8 Å². The summed E-state index contributed by atoms with van der Waals surface area (Å²) in [6, 6.07) is 7.35. The van der Waals surface area contributed by atoms with Gasteiger partial charge in [0.25, 0.3) is 5.91 Å². The van der Waals surface area contributed by atoms with E-state index in [1.807, 2.05) is 19.1 Å². The third-order valence-electron chi connectivity index (χ3n) is 2.58. The first-order valence-electron chi connectivity index (χ1n) is 6.31. The van der Waals surface area contributed by atoms with Gasteiger partial charge < -0.3 is 10.6 Å². The molecule has 0 aromatic heterocycles. The summed E-state index contributed by atoms with van der Waals surface area (Å²) < 4.78 is 0. The van der Waals surface area contributed by atoms with Gasteiger partial charge in [0.1, 0.15) is 0 Å². The van der Waals surface area contributed by atoms with Crippen LogP contribution in [0.25, 0.3) is 0 Å². The van der Waals surface area contributed by atoms with Crippen molar-refractivity contribution in [3.63, 3.8) is 0 Å². The van der Waals surface area contributed by atoms with Crippen LogP contribution in [0.15, 0.2) is 24.3 Å². The molecule has 0 unspecified atom stereocenters. The summed E-state index contributed by atoms with van der Waals surface area (Å²) in [6.45, 7) is 2.82. The van der Waals surface area contributed by atoms with Gasteiger partial charge in [-0.15, -0.1) is 11.6 Å². The molecule has 0 radical (unpaired) electrons. The third kappa shape index (κ3) is 6.25. The van der Waals surface area contributed by atoms with Crippen LogP contribution in [0, 0.1) is 6.92 Å². The van der Waals surface area contributed by atoms with Crippen molar-refractivity contribution >= 4 is 23.4 Å². The van der Waals surface area contributed by atoms with E-state index >= 15 is 0 Å². The highest BCUT2D eigenvalue weighted by atomic mass is 35.5. The number of aryl methyl sites for hydroxylation is 1. The van der Waals surface area contributed by atoms with Crippen molar-refractivity contribution in [2.45, 2.75) is 19.8 Å². The Morgan fingerprint density at radius 2 is 1.74 bits per heavy atom. The number of nitrogens with one attached hydrogen (secondary N) is 2. The highest BCUT2D eigenvalue weighted by Gasteiger charge is 2.04. The molecule has 0 aliphatic carbocycles. The monoisotopic (exact) mass is 282 g/mol. The van der Waals surface area contributed by atoms with Crippen LogP contribution in [0.1, 0.15) is 28.8 Å². The maximum absolute atomic E-state index is 11.7. The van der Waals surface area contributed by atoms with Gasteiger partial charge in [-0.05, 0) is 25.5 Å². The predicted molar refractivity (Wildman–Crippen MR) is 76.5 cm³/mol. The first-order valence-corrected chi connectivity index (χ1v) is 6.84. The van der Waals surface area contributed by atoms with E-state index in [0.29, 0.717) is 37.4 Å². The topological polar surface area (TPSA) is 58.2 Å². The molecule has 0 aliphatic rings. The van der Waals surface area contributed by atoms with Crippen molar-refractivity contribution < 1.29 is 9.59 Å². The fraction of sp³-hybridized carbons (Fsp3) is 0.429. The van der Waals surface area contributed by atoms with E-state index in [9.17, 15) is 9.59 Å². The zero-order valence-electron chi connectivity index (χ0n) is 11.0. The molecule has 0 aliphatic heterocycles. The van der Waals surface area contributed by atoms with Crippen LogP contribution < -0.4 is 10.6 Å². The second-order valence-corrected chi connectivity index (χ2v) is 4.64. The van der Waals surface area contributed by atoms with E-state index in [2.05, 4.69) is 10.6 Å².